The van der Waals surface area contributed by atoms with E-state index in [0.29, 0.717) is 34.6 Å². The summed E-state index contributed by atoms with van der Waals surface area (Å²) in [7, 11) is 1.84. The summed E-state index contributed by atoms with van der Waals surface area (Å²) >= 11 is 7.61. The molecule has 154 valence electrons. The van der Waals surface area contributed by atoms with Gasteiger partial charge >= 0.3 is 0 Å². The van der Waals surface area contributed by atoms with Crippen molar-refractivity contribution < 1.29 is 9.21 Å². The van der Waals surface area contributed by atoms with E-state index in [4.69, 9.17) is 16.0 Å². The van der Waals surface area contributed by atoms with Gasteiger partial charge in [0.15, 0.2) is 0 Å². The van der Waals surface area contributed by atoms with Gasteiger partial charge < -0.3 is 9.32 Å². The molecular formula is C20H19ClN6O2S. The number of carbonyl (C=O) groups excluding carboxylic acids is 1. The summed E-state index contributed by atoms with van der Waals surface area (Å²) in [5.74, 6) is 0.488. The Morgan fingerprint density at radius 3 is 2.87 bits per heavy atom. The maximum absolute atomic E-state index is 13.1. The molecule has 3 heterocycles. The molecular weight excluding hydrogens is 424 g/mol. The number of carbonyl (C=O) groups is 1. The SMILES string of the molecule is CCCN(Cc1nnc(-c2ccccc2Cl)o1)C(=O)c1csc(-c2cnn(C)c2)n1. The highest BCUT2D eigenvalue weighted by Crippen LogP contribution is 2.27. The van der Waals surface area contributed by atoms with Gasteiger partial charge in [-0.1, -0.05) is 30.7 Å². The number of amides is 1. The first kappa shape index (κ1) is 20.2. The number of nitrogens with zero attached hydrogens (tertiary/aromatic N) is 6. The Balaban J connectivity index is 1.52. The van der Waals surface area contributed by atoms with Crippen molar-refractivity contribution in [3.63, 3.8) is 0 Å². The number of benzene rings is 1. The summed E-state index contributed by atoms with van der Waals surface area (Å²) in [4.78, 5) is 19.2. The van der Waals surface area contributed by atoms with Crippen LogP contribution in [0.1, 0.15) is 29.7 Å². The molecule has 0 bridgehead atoms. The maximum Gasteiger partial charge on any atom is 0.273 e. The third-order valence-electron chi connectivity index (χ3n) is 4.35. The van der Waals surface area contributed by atoms with Crippen molar-refractivity contribution in [2.75, 3.05) is 6.54 Å². The van der Waals surface area contributed by atoms with E-state index in [2.05, 4.69) is 20.3 Å². The molecule has 0 aliphatic carbocycles. The highest BCUT2D eigenvalue weighted by molar-refractivity contribution is 7.13. The monoisotopic (exact) mass is 442 g/mol. The fraction of sp³-hybridized carbons (Fsp3) is 0.250. The Morgan fingerprint density at radius 1 is 1.30 bits per heavy atom. The molecule has 4 rings (SSSR count). The quantitative estimate of drug-likeness (QED) is 0.424. The predicted octanol–water partition coefficient (Wildman–Crippen LogP) is 4.30. The average molecular weight is 443 g/mol. The van der Waals surface area contributed by atoms with Gasteiger partial charge in [-0.2, -0.15) is 5.10 Å². The van der Waals surface area contributed by atoms with E-state index < -0.39 is 0 Å². The van der Waals surface area contributed by atoms with Crippen molar-refractivity contribution in [2.45, 2.75) is 19.9 Å². The van der Waals surface area contributed by atoms with Gasteiger partial charge in [-0.25, -0.2) is 4.98 Å². The third kappa shape index (κ3) is 4.27. The van der Waals surface area contributed by atoms with Gasteiger partial charge in [0.1, 0.15) is 10.7 Å². The molecule has 8 nitrogen and oxygen atoms in total. The lowest BCUT2D eigenvalue weighted by Gasteiger charge is -2.19. The Hall–Kier alpha value is -3.04. The Kier molecular flexibility index (Phi) is 5.91. The minimum absolute atomic E-state index is 0.180. The molecule has 4 aromatic rings. The zero-order chi connectivity index (χ0) is 21.1. The molecule has 1 aromatic carbocycles. The molecule has 0 aliphatic rings. The lowest BCUT2D eigenvalue weighted by atomic mass is 10.2. The number of hydrogen-bond donors (Lipinski definition) is 0. The van der Waals surface area contributed by atoms with Gasteiger partial charge in [0.25, 0.3) is 5.91 Å². The van der Waals surface area contributed by atoms with Crippen LogP contribution in [0.5, 0.6) is 0 Å². The van der Waals surface area contributed by atoms with Gasteiger partial charge in [0, 0.05) is 30.7 Å². The molecule has 0 spiro atoms. The topological polar surface area (TPSA) is 89.9 Å². The molecule has 0 saturated heterocycles. The zero-order valence-corrected chi connectivity index (χ0v) is 18.0. The lowest BCUT2D eigenvalue weighted by molar-refractivity contribution is 0.0723. The van der Waals surface area contributed by atoms with Gasteiger partial charge in [-0.05, 0) is 18.6 Å². The number of rotatable bonds is 7. The van der Waals surface area contributed by atoms with Crippen LogP contribution in [0.25, 0.3) is 22.0 Å². The summed E-state index contributed by atoms with van der Waals surface area (Å²) < 4.78 is 7.46. The number of thiazole rings is 1. The van der Waals surface area contributed by atoms with E-state index >= 15 is 0 Å². The van der Waals surface area contributed by atoms with Crippen molar-refractivity contribution in [1.82, 2.24) is 29.9 Å². The van der Waals surface area contributed by atoms with Crippen LogP contribution >= 0.6 is 22.9 Å². The van der Waals surface area contributed by atoms with Crippen LogP contribution in [-0.4, -0.2) is 42.3 Å². The van der Waals surface area contributed by atoms with E-state index in [9.17, 15) is 4.79 Å². The molecule has 0 aliphatic heterocycles. The van der Waals surface area contributed by atoms with Crippen LogP contribution in [0.2, 0.25) is 5.02 Å². The average Bonchev–Trinajstić information content (AvgIpc) is 3.48. The summed E-state index contributed by atoms with van der Waals surface area (Å²) in [6.45, 7) is 2.75. The van der Waals surface area contributed by atoms with Gasteiger partial charge in [-0.15, -0.1) is 21.5 Å². The second-order valence-corrected chi connectivity index (χ2v) is 7.91. The molecule has 0 unspecified atom stereocenters. The van der Waals surface area contributed by atoms with Crippen LogP contribution in [0.4, 0.5) is 0 Å². The van der Waals surface area contributed by atoms with Crippen LogP contribution in [0.15, 0.2) is 46.5 Å². The Bertz CT molecular complexity index is 1170. The summed E-state index contributed by atoms with van der Waals surface area (Å²) in [6.07, 6.45) is 4.38. The summed E-state index contributed by atoms with van der Waals surface area (Å²) in [6, 6.07) is 7.25. The van der Waals surface area contributed by atoms with Crippen LogP contribution in [0.3, 0.4) is 0 Å². The minimum Gasteiger partial charge on any atom is -0.419 e. The van der Waals surface area contributed by atoms with Crippen LogP contribution in [0, 0.1) is 0 Å². The van der Waals surface area contributed by atoms with Gasteiger partial charge in [0.05, 0.1) is 23.3 Å². The Labute approximate surface area is 182 Å². The molecule has 0 N–H and O–H groups in total. The smallest absolute Gasteiger partial charge is 0.273 e. The largest absolute Gasteiger partial charge is 0.419 e. The maximum atomic E-state index is 13.1. The minimum atomic E-state index is -0.180. The van der Waals surface area contributed by atoms with E-state index in [1.165, 1.54) is 11.3 Å². The normalized spacial score (nSPS) is 11.0. The summed E-state index contributed by atoms with van der Waals surface area (Å²) in [5, 5.41) is 15.4. The van der Waals surface area contributed by atoms with Crippen molar-refractivity contribution in [2.24, 2.45) is 7.05 Å². The van der Waals surface area contributed by atoms with E-state index in [1.807, 2.05) is 38.4 Å². The highest BCUT2D eigenvalue weighted by Gasteiger charge is 2.22. The second kappa shape index (κ2) is 8.76. The van der Waals surface area contributed by atoms with Gasteiger partial charge in [-0.3, -0.25) is 9.48 Å². The zero-order valence-electron chi connectivity index (χ0n) is 16.4. The number of aryl methyl sites for hydroxylation is 1. The molecule has 0 radical (unpaired) electrons. The fourth-order valence-electron chi connectivity index (χ4n) is 2.94. The number of halogens is 1. The first-order chi connectivity index (χ1) is 14.5. The van der Waals surface area contributed by atoms with E-state index in [-0.39, 0.29) is 12.5 Å². The molecule has 0 atom stereocenters. The predicted molar refractivity (Wildman–Crippen MR) is 114 cm³/mol. The molecule has 10 heteroatoms. The first-order valence-electron chi connectivity index (χ1n) is 9.36. The molecule has 0 fully saturated rings. The number of aromatic nitrogens is 5. The fourth-order valence-corrected chi connectivity index (χ4v) is 3.93. The standard InChI is InChI=1S/C20H19ClN6O2S/c1-3-8-27(11-17-24-25-18(29-17)14-6-4-5-7-15(14)21)20(28)16-12-30-19(23-16)13-9-22-26(2)10-13/h4-7,9-10,12H,3,8,11H2,1-2H3. The highest BCUT2D eigenvalue weighted by atomic mass is 35.5. The first-order valence-corrected chi connectivity index (χ1v) is 10.6. The molecule has 3 aromatic heterocycles. The second-order valence-electron chi connectivity index (χ2n) is 6.65. The van der Waals surface area contributed by atoms with Gasteiger partial charge in [0.2, 0.25) is 11.8 Å². The van der Waals surface area contributed by atoms with Crippen molar-refractivity contribution >= 4 is 28.8 Å². The molecule has 1 amide bonds. The molecule has 30 heavy (non-hydrogen) atoms. The van der Waals surface area contributed by atoms with Crippen LogP contribution < -0.4 is 0 Å². The third-order valence-corrected chi connectivity index (χ3v) is 5.57. The summed E-state index contributed by atoms with van der Waals surface area (Å²) in [5.41, 5.74) is 1.93. The lowest BCUT2D eigenvalue weighted by Crippen LogP contribution is -2.31. The van der Waals surface area contributed by atoms with Crippen LogP contribution in [-0.2, 0) is 13.6 Å². The van der Waals surface area contributed by atoms with Crippen molar-refractivity contribution in [1.29, 1.82) is 0 Å². The van der Waals surface area contributed by atoms with E-state index in [1.54, 1.807) is 27.2 Å². The van der Waals surface area contributed by atoms with E-state index in [0.717, 1.165) is 17.0 Å². The Morgan fingerprint density at radius 2 is 2.13 bits per heavy atom. The van der Waals surface area contributed by atoms with Crippen molar-refractivity contribution in [3.8, 4) is 22.0 Å². The van der Waals surface area contributed by atoms with Crippen molar-refractivity contribution in [3.05, 3.63) is 58.6 Å². The number of hydrogen-bond acceptors (Lipinski definition) is 7. The molecule has 0 saturated carbocycles.